The van der Waals surface area contributed by atoms with Gasteiger partial charge in [0.1, 0.15) is 13.1 Å². The van der Waals surface area contributed by atoms with E-state index in [0.717, 1.165) is 11.4 Å². The smallest absolute Gasteiger partial charge is 0.726 e. The molecular weight excluding hydrogens is 321 g/mol. The Kier molecular flexibility index (Phi) is 8.62. The summed E-state index contributed by atoms with van der Waals surface area (Å²) in [6, 6.07) is 0. The standard InChI is InChI=1S/C12H13N3O4S.K/c1-9-7-11(12(13-3)14-4)8-10(2)15(9)5-6-19-20(16,17)18;/h7-8H,5-6H2,1-2H3,(H,16,17,18);/q;+1/p-1. The van der Waals surface area contributed by atoms with E-state index in [9.17, 15) is 13.0 Å². The summed E-state index contributed by atoms with van der Waals surface area (Å²) >= 11 is 0. The van der Waals surface area contributed by atoms with Crippen LogP contribution in [0.1, 0.15) is 13.8 Å². The molecule has 0 N–H and O–H groups in total. The second-order valence-electron chi connectivity index (χ2n) is 3.96. The Morgan fingerprint density at radius 3 is 2.14 bits per heavy atom. The van der Waals surface area contributed by atoms with Gasteiger partial charge in [-0.25, -0.2) is 8.42 Å². The van der Waals surface area contributed by atoms with Crippen molar-refractivity contribution in [1.29, 1.82) is 0 Å². The van der Waals surface area contributed by atoms with Gasteiger partial charge in [0.25, 0.3) is 0 Å². The van der Waals surface area contributed by atoms with Crippen LogP contribution < -0.4 is 51.4 Å². The van der Waals surface area contributed by atoms with E-state index < -0.39 is 10.4 Å². The third-order valence-electron chi connectivity index (χ3n) is 2.59. The predicted molar refractivity (Wildman–Crippen MR) is 70.1 cm³/mol. The fourth-order valence-electron chi connectivity index (χ4n) is 1.79. The van der Waals surface area contributed by atoms with Crippen molar-refractivity contribution in [3.8, 4) is 0 Å². The first-order chi connectivity index (χ1) is 9.28. The normalized spacial score (nSPS) is 14.3. The van der Waals surface area contributed by atoms with E-state index in [0.29, 0.717) is 5.57 Å². The van der Waals surface area contributed by atoms with Crippen LogP contribution in [0, 0.1) is 13.1 Å². The fourth-order valence-corrected chi connectivity index (χ4v) is 2.07. The zero-order chi connectivity index (χ0) is 15.3. The molecule has 7 nitrogen and oxygen atoms in total. The van der Waals surface area contributed by atoms with Crippen molar-refractivity contribution >= 4 is 10.4 Å². The molecule has 9 heteroatoms. The molecular formula is C12H12KN3O4S. The van der Waals surface area contributed by atoms with Crippen LogP contribution in [0.2, 0.25) is 0 Å². The van der Waals surface area contributed by atoms with Gasteiger partial charge in [-0.1, -0.05) is 0 Å². The molecule has 0 saturated heterocycles. The first-order valence-corrected chi connectivity index (χ1v) is 6.85. The predicted octanol–water partition coefficient (Wildman–Crippen LogP) is -1.36. The monoisotopic (exact) mass is 333 g/mol. The minimum atomic E-state index is -4.70. The van der Waals surface area contributed by atoms with E-state index in [4.69, 9.17) is 13.1 Å². The summed E-state index contributed by atoms with van der Waals surface area (Å²) in [5.41, 5.74) is 1.98. The van der Waals surface area contributed by atoms with Crippen molar-refractivity contribution in [2.24, 2.45) is 0 Å². The Morgan fingerprint density at radius 1 is 1.29 bits per heavy atom. The van der Waals surface area contributed by atoms with Gasteiger partial charge >= 0.3 is 57.2 Å². The average molecular weight is 333 g/mol. The molecule has 0 aromatic rings. The Labute approximate surface area is 167 Å². The van der Waals surface area contributed by atoms with Gasteiger partial charge in [-0.05, 0) is 26.0 Å². The van der Waals surface area contributed by atoms with Crippen LogP contribution in [-0.2, 0) is 14.6 Å². The van der Waals surface area contributed by atoms with Gasteiger partial charge in [-0.2, -0.15) is 9.69 Å². The first-order valence-electron chi connectivity index (χ1n) is 5.52. The molecule has 21 heavy (non-hydrogen) atoms. The van der Waals surface area contributed by atoms with Gasteiger partial charge in [0, 0.05) is 17.9 Å². The zero-order valence-corrected chi connectivity index (χ0v) is 15.9. The summed E-state index contributed by atoms with van der Waals surface area (Å²) in [7, 11) is -4.70. The molecule has 0 aromatic heterocycles. The van der Waals surface area contributed by atoms with Gasteiger partial charge in [-0.3, -0.25) is 4.18 Å². The summed E-state index contributed by atoms with van der Waals surface area (Å²) in [6.45, 7) is 17.3. The summed E-state index contributed by atoms with van der Waals surface area (Å²) in [5.74, 6) is -0.0262. The van der Waals surface area contributed by atoms with Crippen LogP contribution in [0.15, 0.2) is 34.9 Å². The van der Waals surface area contributed by atoms with E-state index in [2.05, 4.69) is 13.9 Å². The summed E-state index contributed by atoms with van der Waals surface area (Å²) in [5, 5.41) is 0. The first kappa shape index (κ1) is 20.5. The zero-order valence-electron chi connectivity index (χ0n) is 12.0. The molecule has 1 aliphatic rings. The number of rotatable bonds is 4. The molecule has 0 bridgehead atoms. The van der Waals surface area contributed by atoms with Gasteiger partial charge in [0.2, 0.25) is 10.4 Å². The number of hydrogen-bond acceptors (Lipinski definition) is 5. The summed E-state index contributed by atoms with van der Waals surface area (Å²) in [6.07, 6.45) is 3.31. The van der Waals surface area contributed by atoms with Gasteiger partial charge in [0.05, 0.1) is 12.2 Å². The Morgan fingerprint density at radius 2 is 1.76 bits per heavy atom. The molecule has 1 rings (SSSR count). The van der Waals surface area contributed by atoms with Crippen LogP contribution in [0.4, 0.5) is 0 Å². The minimum absolute atomic E-state index is 0. The van der Waals surface area contributed by atoms with Crippen LogP contribution in [0.25, 0.3) is 9.69 Å². The van der Waals surface area contributed by atoms with Crippen LogP contribution in [0.5, 0.6) is 0 Å². The molecule has 1 aliphatic heterocycles. The van der Waals surface area contributed by atoms with Crippen LogP contribution >= 0.6 is 0 Å². The Balaban J connectivity index is 0.00000400. The summed E-state index contributed by atoms with van der Waals surface area (Å²) < 4.78 is 35.2. The maximum atomic E-state index is 10.4. The van der Waals surface area contributed by atoms with Crippen molar-refractivity contribution in [2.45, 2.75) is 13.8 Å². The van der Waals surface area contributed by atoms with E-state index in [-0.39, 0.29) is 70.4 Å². The number of allylic oxidation sites excluding steroid dienone is 5. The molecule has 0 unspecified atom stereocenters. The van der Waals surface area contributed by atoms with Crippen molar-refractivity contribution in [2.75, 3.05) is 13.2 Å². The maximum absolute atomic E-state index is 10.4. The van der Waals surface area contributed by atoms with Crippen molar-refractivity contribution < 1.29 is 68.5 Å². The van der Waals surface area contributed by atoms with Crippen molar-refractivity contribution in [3.05, 3.63) is 57.8 Å². The SMILES string of the molecule is [C-]#[N+]C([N+]#[C-])=C1C=C(C)N(CCOS(=O)(=O)[O-])C(C)=C1.[K+]. The molecule has 0 radical (unpaired) electrons. The largest absolute Gasteiger partial charge is 1.00 e. The molecule has 0 atom stereocenters. The van der Waals surface area contributed by atoms with E-state index >= 15 is 0 Å². The van der Waals surface area contributed by atoms with Crippen molar-refractivity contribution in [1.82, 2.24) is 4.90 Å². The third kappa shape index (κ3) is 6.42. The number of nitrogens with zero attached hydrogens (tertiary/aromatic N) is 3. The maximum Gasteiger partial charge on any atom is 1.00 e. The van der Waals surface area contributed by atoms with Gasteiger partial charge < -0.3 is 9.45 Å². The molecule has 0 saturated carbocycles. The molecule has 0 spiro atoms. The Bertz CT molecular complexity index is 642. The van der Waals surface area contributed by atoms with E-state index in [1.165, 1.54) is 0 Å². The second-order valence-corrected chi connectivity index (χ2v) is 5.01. The molecule has 0 amide bonds. The molecule has 0 aliphatic carbocycles. The second kappa shape index (κ2) is 8.83. The average Bonchev–Trinajstić information content (AvgIpc) is 2.33. The van der Waals surface area contributed by atoms with Crippen LogP contribution in [0.3, 0.4) is 0 Å². The van der Waals surface area contributed by atoms with Crippen molar-refractivity contribution in [3.63, 3.8) is 0 Å². The molecule has 106 valence electrons. The quantitative estimate of drug-likeness (QED) is 0.275. The molecule has 1 heterocycles. The molecule has 0 fully saturated rings. The fraction of sp³-hybridized carbons (Fsp3) is 0.333. The van der Waals surface area contributed by atoms with Gasteiger partial charge in [0.15, 0.2) is 0 Å². The van der Waals surface area contributed by atoms with Gasteiger partial charge in [-0.15, -0.1) is 0 Å². The minimum Gasteiger partial charge on any atom is -0.726 e. The third-order valence-corrected chi connectivity index (χ3v) is 3.05. The van der Waals surface area contributed by atoms with Crippen LogP contribution in [-0.4, -0.2) is 31.0 Å². The molecule has 0 aromatic carbocycles. The van der Waals surface area contributed by atoms with E-state index in [1.807, 2.05) is 0 Å². The topological polar surface area (TPSA) is 78.4 Å². The summed E-state index contributed by atoms with van der Waals surface area (Å²) in [4.78, 5) is 8.02. The number of hydrogen-bond donors (Lipinski definition) is 0. The van der Waals surface area contributed by atoms with E-state index in [1.54, 1.807) is 30.9 Å². The Hall–Kier alpha value is -0.494.